The number of aromatic nitrogens is 2. The maximum Gasteiger partial charge on any atom is 0.277 e. The normalized spacial score (nSPS) is 22.5. The lowest BCUT2D eigenvalue weighted by Crippen LogP contribution is -2.65. The van der Waals surface area contributed by atoms with E-state index in [0.29, 0.717) is 16.4 Å². The van der Waals surface area contributed by atoms with Gasteiger partial charge in [-0.2, -0.15) is 5.10 Å². The fourth-order valence-electron chi connectivity index (χ4n) is 4.90. The van der Waals surface area contributed by atoms with Crippen LogP contribution in [-0.2, 0) is 16.8 Å². The summed E-state index contributed by atoms with van der Waals surface area (Å²) in [4.78, 5) is 29.3. The first-order chi connectivity index (χ1) is 15.6. The van der Waals surface area contributed by atoms with Crippen molar-refractivity contribution in [1.82, 2.24) is 15.1 Å². The smallest absolute Gasteiger partial charge is 0.277 e. The lowest BCUT2D eigenvalue weighted by atomic mass is 9.90. The van der Waals surface area contributed by atoms with Gasteiger partial charge in [0.05, 0.1) is 22.9 Å². The molecule has 0 bridgehead atoms. The summed E-state index contributed by atoms with van der Waals surface area (Å²) >= 11 is 6.54. The number of rotatable bonds is 3. The number of anilines is 1. The number of hydrogen-bond acceptors (Lipinski definition) is 3. The Balaban J connectivity index is 1.74. The van der Waals surface area contributed by atoms with Crippen molar-refractivity contribution in [2.24, 2.45) is 0 Å². The minimum absolute atomic E-state index is 0.127. The maximum atomic E-state index is 13.9. The molecule has 4 rings (SSSR count). The van der Waals surface area contributed by atoms with Crippen LogP contribution in [0.4, 0.5) is 5.69 Å². The summed E-state index contributed by atoms with van der Waals surface area (Å²) in [5.74, 6) is -0.410. The highest BCUT2D eigenvalue weighted by Gasteiger charge is 2.50. The average Bonchev–Trinajstić information content (AvgIpc) is 3.16. The Labute approximate surface area is 201 Å². The first kappa shape index (κ1) is 23.8. The van der Waals surface area contributed by atoms with Crippen LogP contribution in [0, 0.1) is 0 Å². The highest BCUT2D eigenvalue weighted by atomic mass is 35.5. The van der Waals surface area contributed by atoms with Crippen molar-refractivity contribution in [1.29, 1.82) is 0 Å². The van der Waals surface area contributed by atoms with E-state index < -0.39 is 5.54 Å². The Hall–Kier alpha value is -2.34. The van der Waals surface area contributed by atoms with E-state index in [1.165, 1.54) is 19.3 Å². The predicted molar refractivity (Wildman–Crippen MR) is 132 cm³/mol. The van der Waals surface area contributed by atoms with Crippen molar-refractivity contribution in [2.75, 3.05) is 4.90 Å². The maximum absolute atomic E-state index is 13.9. The molecule has 0 radical (unpaired) electrons. The third-order valence-electron chi connectivity index (χ3n) is 6.94. The molecular formula is C26H35ClN4O2. The second-order valence-electron chi connectivity index (χ2n) is 10.7. The number of nitrogens with one attached hydrogen (secondary N) is 1. The zero-order valence-electron chi connectivity index (χ0n) is 20.2. The van der Waals surface area contributed by atoms with Crippen LogP contribution in [0.2, 0.25) is 5.02 Å². The summed E-state index contributed by atoms with van der Waals surface area (Å²) < 4.78 is 1.70. The molecule has 1 aliphatic carbocycles. The van der Waals surface area contributed by atoms with Gasteiger partial charge in [0.25, 0.3) is 5.91 Å². The molecule has 33 heavy (non-hydrogen) atoms. The van der Waals surface area contributed by atoms with Crippen molar-refractivity contribution in [3.8, 4) is 0 Å². The van der Waals surface area contributed by atoms with E-state index >= 15 is 0 Å². The van der Waals surface area contributed by atoms with Crippen molar-refractivity contribution >= 4 is 29.1 Å². The lowest BCUT2D eigenvalue weighted by molar-refractivity contribution is -0.127. The molecule has 178 valence electrons. The third-order valence-corrected chi connectivity index (χ3v) is 7.26. The fraction of sp³-hybridized carbons (Fsp3) is 0.577. The van der Waals surface area contributed by atoms with Gasteiger partial charge >= 0.3 is 0 Å². The van der Waals surface area contributed by atoms with Crippen molar-refractivity contribution < 1.29 is 9.59 Å². The van der Waals surface area contributed by atoms with Crippen LogP contribution in [0.25, 0.3) is 0 Å². The van der Waals surface area contributed by atoms with E-state index in [-0.39, 0.29) is 29.8 Å². The van der Waals surface area contributed by atoms with Crippen LogP contribution in [0.3, 0.4) is 0 Å². The third kappa shape index (κ3) is 4.68. The van der Waals surface area contributed by atoms with Gasteiger partial charge in [-0.05, 0) is 38.0 Å². The second-order valence-corrected chi connectivity index (χ2v) is 11.1. The van der Waals surface area contributed by atoms with Crippen molar-refractivity contribution in [3.05, 3.63) is 46.7 Å². The summed E-state index contributed by atoms with van der Waals surface area (Å²) in [5.41, 5.74) is 0.491. The molecule has 1 aromatic heterocycles. The van der Waals surface area contributed by atoms with E-state index in [1.54, 1.807) is 21.7 Å². The van der Waals surface area contributed by atoms with E-state index in [2.05, 4.69) is 26.1 Å². The van der Waals surface area contributed by atoms with Crippen molar-refractivity contribution in [3.63, 3.8) is 0 Å². The molecule has 1 aromatic carbocycles. The number of hydrogen-bond donors (Lipinski definition) is 1. The lowest BCUT2D eigenvalue weighted by Gasteiger charge is -2.44. The first-order valence-electron chi connectivity index (χ1n) is 12.1. The number of para-hydroxylation sites is 1. The number of amides is 2. The van der Waals surface area contributed by atoms with Gasteiger partial charge in [0.15, 0.2) is 0 Å². The van der Waals surface area contributed by atoms with Gasteiger partial charge in [0, 0.05) is 11.5 Å². The number of carbonyl (C=O) groups is 2. The summed E-state index contributed by atoms with van der Waals surface area (Å²) in [7, 11) is 0. The van der Waals surface area contributed by atoms with Gasteiger partial charge in [-0.25, -0.2) is 0 Å². The van der Waals surface area contributed by atoms with Gasteiger partial charge in [-0.1, -0.05) is 76.6 Å². The minimum Gasteiger partial charge on any atom is -0.351 e. The molecule has 6 nitrogen and oxygen atoms in total. The summed E-state index contributed by atoms with van der Waals surface area (Å²) in [6.45, 7) is 8.30. The summed E-state index contributed by atoms with van der Waals surface area (Å²) in [5, 5.41) is 8.46. The monoisotopic (exact) mass is 470 g/mol. The molecule has 0 saturated heterocycles. The van der Waals surface area contributed by atoms with Crippen LogP contribution in [0.5, 0.6) is 0 Å². The Morgan fingerprint density at radius 1 is 1.12 bits per heavy atom. The van der Waals surface area contributed by atoms with Crippen LogP contribution in [0.1, 0.15) is 88.8 Å². The number of benzene rings is 1. The van der Waals surface area contributed by atoms with Crippen molar-refractivity contribution in [2.45, 2.75) is 96.2 Å². The minimum atomic E-state index is -1.15. The number of halogens is 1. The van der Waals surface area contributed by atoms with E-state index in [1.807, 2.05) is 25.1 Å². The predicted octanol–water partition coefficient (Wildman–Crippen LogP) is 5.48. The van der Waals surface area contributed by atoms with Crippen LogP contribution in [-0.4, -0.2) is 33.2 Å². The highest BCUT2D eigenvalue weighted by Crippen LogP contribution is 2.37. The average molecular weight is 471 g/mol. The van der Waals surface area contributed by atoms with Gasteiger partial charge in [0.2, 0.25) is 5.91 Å². The van der Waals surface area contributed by atoms with Gasteiger partial charge < -0.3 is 5.32 Å². The van der Waals surface area contributed by atoms with Gasteiger partial charge in [-0.3, -0.25) is 19.2 Å². The number of fused-ring (bicyclic) bond motifs is 1. The molecule has 1 atom stereocenters. The van der Waals surface area contributed by atoms with E-state index in [0.717, 1.165) is 31.4 Å². The zero-order valence-corrected chi connectivity index (χ0v) is 20.9. The molecule has 1 fully saturated rings. The summed E-state index contributed by atoms with van der Waals surface area (Å²) in [6, 6.07) is 9.20. The molecule has 2 amide bonds. The molecule has 1 aliphatic heterocycles. The van der Waals surface area contributed by atoms with Crippen LogP contribution >= 0.6 is 11.6 Å². The standard InChI is InChI=1S/C26H35ClN4O2/c1-25(2,3)22-16-21-23(32)31(20-15-11-10-14-19(20)27)26(4,17-30(21)29-22)24(33)28-18-12-8-6-5-7-9-13-18/h10-11,14-16,18H,5-9,12-13,17H2,1-4H3,(H,28,33)/t26-/m1/s1. The highest BCUT2D eigenvalue weighted by molar-refractivity contribution is 6.34. The molecule has 0 spiro atoms. The number of nitrogens with zero attached hydrogens (tertiary/aromatic N) is 3. The molecule has 0 unspecified atom stereocenters. The Morgan fingerprint density at radius 2 is 1.76 bits per heavy atom. The van der Waals surface area contributed by atoms with Crippen LogP contribution in [0.15, 0.2) is 30.3 Å². The van der Waals surface area contributed by atoms with Gasteiger partial charge in [-0.15, -0.1) is 0 Å². The van der Waals surface area contributed by atoms with Gasteiger partial charge in [0.1, 0.15) is 11.2 Å². The molecule has 2 aliphatic rings. The Kier molecular flexibility index (Phi) is 6.59. The summed E-state index contributed by atoms with van der Waals surface area (Å²) in [6.07, 6.45) is 7.87. The molecular weight excluding hydrogens is 436 g/mol. The number of carbonyl (C=O) groups excluding carboxylic acids is 2. The molecule has 2 aromatic rings. The Bertz CT molecular complexity index is 1030. The Morgan fingerprint density at radius 3 is 2.39 bits per heavy atom. The second kappa shape index (κ2) is 9.13. The molecule has 1 N–H and O–H groups in total. The van der Waals surface area contributed by atoms with E-state index in [9.17, 15) is 9.59 Å². The zero-order chi connectivity index (χ0) is 23.8. The fourth-order valence-corrected chi connectivity index (χ4v) is 5.12. The SMILES string of the molecule is CC(C)(C)c1cc2n(n1)C[C@](C)(C(=O)NC1CCCCCCC1)N(c1ccccc1Cl)C2=O. The molecule has 7 heteroatoms. The first-order valence-corrected chi connectivity index (χ1v) is 12.5. The van der Waals surface area contributed by atoms with Crippen LogP contribution < -0.4 is 10.2 Å². The molecule has 1 saturated carbocycles. The quantitative estimate of drug-likeness (QED) is 0.645. The topological polar surface area (TPSA) is 67.2 Å². The molecule has 2 heterocycles. The largest absolute Gasteiger partial charge is 0.351 e. The van der Waals surface area contributed by atoms with E-state index in [4.69, 9.17) is 16.7 Å².